The fourth-order valence-electron chi connectivity index (χ4n) is 3.63. The topological polar surface area (TPSA) is 117 Å². The van der Waals surface area contributed by atoms with Gasteiger partial charge in [-0.05, 0) is 60.5 Å². The average Bonchev–Trinajstić information content (AvgIpc) is 3.40. The molecule has 5 rings (SSSR count). The molecule has 0 unspecified atom stereocenters. The number of hydrogen-bond acceptors (Lipinski definition) is 9. The summed E-state index contributed by atoms with van der Waals surface area (Å²) < 4.78 is 29.8. The Balaban J connectivity index is 1.23. The number of carbonyl (C=O) groups excluding carboxylic acids is 2. The highest BCUT2D eigenvalue weighted by molar-refractivity contribution is 7.98. The molecule has 0 aliphatic carbocycles. The lowest BCUT2D eigenvalue weighted by atomic mass is 10.2. The van der Waals surface area contributed by atoms with E-state index >= 15 is 0 Å². The highest BCUT2D eigenvalue weighted by atomic mass is 35.5. The van der Waals surface area contributed by atoms with Crippen LogP contribution in [0.15, 0.2) is 65.7 Å². The van der Waals surface area contributed by atoms with E-state index in [2.05, 4.69) is 15.0 Å². The largest absolute Gasteiger partial charge is 0.493 e. The Morgan fingerprint density at radius 2 is 1.71 bits per heavy atom. The predicted molar refractivity (Wildman–Crippen MR) is 141 cm³/mol. The van der Waals surface area contributed by atoms with Crippen LogP contribution < -0.4 is 33.7 Å². The van der Waals surface area contributed by atoms with E-state index in [-0.39, 0.29) is 12.4 Å². The zero-order chi connectivity index (χ0) is 26.6. The number of rotatable bonds is 7. The van der Waals surface area contributed by atoms with Gasteiger partial charge >= 0.3 is 6.03 Å². The molecule has 0 fully saturated rings. The zero-order valence-electron chi connectivity index (χ0n) is 20.1. The first-order valence-corrected chi connectivity index (χ1v) is 12.3. The molecule has 2 N–H and O–H groups in total. The fraction of sp³-hybridized carbons (Fsp3) is 0.115. The molecule has 10 nitrogen and oxygen atoms in total. The van der Waals surface area contributed by atoms with Gasteiger partial charge in [0.2, 0.25) is 6.79 Å². The van der Waals surface area contributed by atoms with Gasteiger partial charge in [-0.1, -0.05) is 11.6 Å². The summed E-state index contributed by atoms with van der Waals surface area (Å²) in [5.41, 5.74) is 0.924. The van der Waals surface area contributed by atoms with Gasteiger partial charge < -0.3 is 23.7 Å². The zero-order valence-corrected chi connectivity index (χ0v) is 21.6. The number of nitrogens with one attached hydrogen (secondary N) is 2. The lowest BCUT2D eigenvalue weighted by Gasteiger charge is -2.13. The van der Waals surface area contributed by atoms with E-state index in [0.717, 1.165) is 11.9 Å². The molecule has 12 heteroatoms. The number of halogens is 1. The molecule has 0 radical (unpaired) electrons. The minimum absolute atomic E-state index is 0.0903. The third kappa shape index (κ3) is 5.34. The summed E-state index contributed by atoms with van der Waals surface area (Å²) in [4.78, 5) is 29.6. The molecule has 0 atom stereocenters. The monoisotopic (exact) mass is 553 g/mol. The number of imide groups is 1. The van der Waals surface area contributed by atoms with Crippen LogP contribution in [0.2, 0.25) is 5.02 Å². The first kappa shape index (κ1) is 25.3. The number of amides is 3. The molecule has 2 heterocycles. The van der Waals surface area contributed by atoms with Crippen LogP contribution in [0.25, 0.3) is 10.9 Å². The quantitative estimate of drug-likeness (QED) is 0.283. The lowest BCUT2D eigenvalue weighted by molar-refractivity contribution is 0.0965. The van der Waals surface area contributed by atoms with Crippen molar-refractivity contribution in [1.29, 1.82) is 0 Å². The number of carbonyl (C=O) groups is 2. The second-order valence-corrected chi connectivity index (χ2v) is 9.07. The Kier molecular flexibility index (Phi) is 7.29. The molecule has 38 heavy (non-hydrogen) atoms. The first-order chi connectivity index (χ1) is 18.4. The summed E-state index contributed by atoms with van der Waals surface area (Å²) >= 11 is 7.45. The van der Waals surface area contributed by atoms with Crippen LogP contribution in [0.5, 0.6) is 34.5 Å². The minimum atomic E-state index is -0.693. The lowest BCUT2D eigenvalue weighted by Crippen LogP contribution is -2.36. The van der Waals surface area contributed by atoms with Crippen molar-refractivity contribution in [2.75, 3.05) is 21.0 Å². The van der Waals surface area contributed by atoms with Crippen molar-refractivity contribution >= 4 is 46.4 Å². The summed E-state index contributed by atoms with van der Waals surface area (Å²) in [6.07, 6.45) is 1.62. The average molecular weight is 554 g/mol. The molecule has 194 valence electrons. The van der Waals surface area contributed by atoms with Crippen LogP contribution in [-0.2, 0) is 0 Å². The van der Waals surface area contributed by atoms with E-state index in [1.807, 2.05) is 0 Å². The second-order valence-electron chi connectivity index (χ2n) is 7.78. The number of aromatic nitrogens is 1. The number of methoxy groups -OCH3 is 2. The van der Waals surface area contributed by atoms with Gasteiger partial charge in [0.1, 0.15) is 11.5 Å². The van der Waals surface area contributed by atoms with E-state index in [9.17, 15) is 9.59 Å². The normalized spacial score (nSPS) is 11.7. The second kappa shape index (κ2) is 11.0. The highest BCUT2D eigenvalue weighted by Crippen LogP contribution is 2.39. The molecule has 0 saturated heterocycles. The maximum Gasteiger partial charge on any atom is 0.331 e. The Labute approximate surface area is 226 Å². The standard InChI is InChI=1S/C26H20ClN3O7S/c1-33-22-11-16-18(12-23(22)34-2)28-8-7-19(16)37-20-6-4-15(10-17(20)27)38-30-26(32)29-25(31)14-3-5-21-24(9-14)36-13-35-21/h3-12H,13H2,1-2H3,(H2,29,30,31,32). The third-order valence-electron chi connectivity index (χ3n) is 5.45. The van der Waals surface area contributed by atoms with Gasteiger partial charge in [-0.25, -0.2) is 4.79 Å². The number of fused-ring (bicyclic) bond motifs is 2. The van der Waals surface area contributed by atoms with Crippen LogP contribution in [0.1, 0.15) is 10.4 Å². The summed E-state index contributed by atoms with van der Waals surface area (Å²) in [6.45, 7) is 0.0903. The highest BCUT2D eigenvalue weighted by Gasteiger charge is 2.18. The summed E-state index contributed by atoms with van der Waals surface area (Å²) in [6, 6.07) is 14.3. The van der Waals surface area contributed by atoms with E-state index in [1.165, 1.54) is 6.07 Å². The molecule has 0 spiro atoms. The number of nitrogens with zero attached hydrogens (tertiary/aromatic N) is 1. The number of ether oxygens (including phenoxy) is 5. The fourth-order valence-corrected chi connectivity index (χ4v) is 4.48. The van der Waals surface area contributed by atoms with Crippen LogP contribution in [-0.4, -0.2) is 37.9 Å². The molecule has 4 aromatic rings. The molecule has 1 aromatic heterocycles. The summed E-state index contributed by atoms with van der Waals surface area (Å²) in [5, 5.41) is 3.29. The van der Waals surface area contributed by atoms with Crippen molar-refractivity contribution in [1.82, 2.24) is 15.0 Å². The van der Waals surface area contributed by atoms with E-state index < -0.39 is 11.9 Å². The smallest absolute Gasteiger partial charge is 0.331 e. The van der Waals surface area contributed by atoms with Crippen LogP contribution >= 0.6 is 23.5 Å². The van der Waals surface area contributed by atoms with Gasteiger partial charge in [0.15, 0.2) is 23.0 Å². The van der Waals surface area contributed by atoms with Crippen LogP contribution in [0, 0.1) is 0 Å². The van der Waals surface area contributed by atoms with Gasteiger partial charge in [0, 0.05) is 28.1 Å². The van der Waals surface area contributed by atoms with Crippen molar-refractivity contribution < 1.29 is 33.3 Å². The Hall–Kier alpha value is -4.35. The number of urea groups is 1. The van der Waals surface area contributed by atoms with Gasteiger partial charge in [-0.15, -0.1) is 0 Å². The summed E-state index contributed by atoms with van der Waals surface area (Å²) in [7, 11) is 3.11. The molecule has 1 aliphatic rings. The SMILES string of the molecule is COc1cc2nccc(Oc3ccc(SNC(=O)NC(=O)c4ccc5c(c4)OCO5)cc3Cl)c2cc1OC. The maximum atomic E-state index is 12.4. The van der Waals surface area contributed by atoms with Crippen LogP contribution in [0.3, 0.4) is 0 Å². The first-order valence-electron chi connectivity index (χ1n) is 11.1. The van der Waals surface area contributed by atoms with Crippen LogP contribution in [0.4, 0.5) is 4.79 Å². The molecular formula is C26H20ClN3O7S. The minimum Gasteiger partial charge on any atom is -0.493 e. The van der Waals surface area contributed by atoms with Crippen molar-refractivity contribution in [2.45, 2.75) is 4.90 Å². The molecule has 1 aliphatic heterocycles. The van der Waals surface area contributed by atoms with E-state index in [4.69, 9.17) is 35.3 Å². The Morgan fingerprint density at radius 3 is 2.50 bits per heavy atom. The number of hydrogen-bond donors (Lipinski definition) is 2. The molecule has 3 amide bonds. The van der Waals surface area contributed by atoms with Crippen molar-refractivity contribution in [2.24, 2.45) is 0 Å². The van der Waals surface area contributed by atoms with Gasteiger partial charge in [0.25, 0.3) is 5.91 Å². The maximum absolute atomic E-state index is 12.4. The molecule has 3 aromatic carbocycles. The van der Waals surface area contributed by atoms with Crippen molar-refractivity contribution in [3.05, 3.63) is 71.4 Å². The Bertz CT molecular complexity index is 1550. The van der Waals surface area contributed by atoms with E-state index in [1.54, 1.807) is 68.9 Å². The third-order valence-corrected chi connectivity index (χ3v) is 6.53. The number of benzene rings is 3. The summed E-state index contributed by atoms with van der Waals surface area (Å²) in [5.74, 6) is 2.43. The molecule has 0 bridgehead atoms. The van der Waals surface area contributed by atoms with Crippen molar-refractivity contribution in [3.63, 3.8) is 0 Å². The molecular weight excluding hydrogens is 534 g/mol. The van der Waals surface area contributed by atoms with Gasteiger partial charge in [0.05, 0.1) is 24.8 Å². The molecule has 0 saturated carbocycles. The Morgan fingerprint density at radius 1 is 0.921 bits per heavy atom. The van der Waals surface area contributed by atoms with E-state index in [0.29, 0.717) is 55.3 Å². The van der Waals surface area contributed by atoms with Gasteiger partial charge in [-0.3, -0.25) is 19.8 Å². The number of pyridine rings is 1. The van der Waals surface area contributed by atoms with Crippen molar-refractivity contribution in [3.8, 4) is 34.5 Å². The van der Waals surface area contributed by atoms with Gasteiger partial charge in [-0.2, -0.15) is 0 Å². The predicted octanol–water partition coefficient (Wildman–Crippen LogP) is 5.57.